The van der Waals surface area contributed by atoms with E-state index in [9.17, 15) is 36.6 Å². The number of hydrogen-bond donors (Lipinski definition) is 2. The summed E-state index contributed by atoms with van der Waals surface area (Å²) in [5.41, 5.74) is 0.948. The molecule has 14 nitrogen and oxygen atoms in total. The number of hydrogen-bond acceptors (Lipinski definition) is 12. The molecule has 2 aliphatic heterocycles. The van der Waals surface area contributed by atoms with E-state index in [0.29, 0.717) is 21.9 Å². The quantitative estimate of drug-likeness (QED) is 0.180. The molecular weight excluding hydrogens is 761 g/mol. The fraction of sp³-hybridized carbons (Fsp3) is 0.250. The lowest BCUT2D eigenvalue weighted by Crippen LogP contribution is -2.31. The molecule has 0 unspecified atom stereocenters. The van der Waals surface area contributed by atoms with Gasteiger partial charge in [0.25, 0.3) is 20.0 Å². The van der Waals surface area contributed by atoms with Crippen LogP contribution in [0.1, 0.15) is 51.3 Å². The molecule has 0 spiro atoms. The van der Waals surface area contributed by atoms with Crippen LogP contribution in [0, 0.1) is 0 Å². The standard InChI is InChI=1S/2C20H20N2O5S/c2*1-3-21(4-2)14-10-9-13-11-16(20(24)27-17(13)12-14)22-19(23)15-7-5-6-8-18(15)28(22,25)26/h2*5-12,19,23H,3-4H2,1-2H3/t2*19-/m11/s1. The Labute approximate surface area is 323 Å². The minimum Gasteiger partial charge on any atom is -0.421 e. The number of sulfonamides is 2. The molecule has 2 aromatic heterocycles. The van der Waals surface area contributed by atoms with E-state index < -0.39 is 43.8 Å². The predicted molar refractivity (Wildman–Crippen MR) is 214 cm³/mol. The van der Waals surface area contributed by atoms with Crippen molar-refractivity contribution in [3.63, 3.8) is 0 Å². The smallest absolute Gasteiger partial charge is 0.361 e. The van der Waals surface area contributed by atoms with Crippen molar-refractivity contribution in [3.8, 4) is 0 Å². The molecule has 6 aromatic rings. The zero-order chi connectivity index (χ0) is 40.1. The molecule has 0 amide bonds. The van der Waals surface area contributed by atoms with Gasteiger partial charge in [0.05, 0.1) is 9.79 Å². The zero-order valence-corrected chi connectivity index (χ0v) is 32.6. The van der Waals surface area contributed by atoms with Gasteiger partial charge in [-0.15, -0.1) is 0 Å². The third-order valence-electron chi connectivity index (χ3n) is 10.0. The number of aliphatic hydroxyl groups is 2. The van der Waals surface area contributed by atoms with Gasteiger partial charge in [0.2, 0.25) is 0 Å². The van der Waals surface area contributed by atoms with Crippen LogP contribution in [-0.2, 0) is 20.0 Å². The molecule has 4 aromatic carbocycles. The zero-order valence-electron chi connectivity index (χ0n) is 31.0. The predicted octanol–water partition coefficient (Wildman–Crippen LogP) is 5.68. The summed E-state index contributed by atoms with van der Waals surface area (Å²) < 4.78 is 63.8. The van der Waals surface area contributed by atoms with Gasteiger partial charge in [0.15, 0.2) is 12.5 Å². The molecule has 8 rings (SSSR count). The molecule has 16 heteroatoms. The van der Waals surface area contributed by atoms with Crippen LogP contribution in [0.25, 0.3) is 21.9 Å². The van der Waals surface area contributed by atoms with Crippen LogP contribution in [0.3, 0.4) is 0 Å². The molecule has 0 saturated heterocycles. The summed E-state index contributed by atoms with van der Waals surface area (Å²) in [4.78, 5) is 29.4. The van der Waals surface area contributed by atoms with E-state index in [1.807, 2.05) is 39.8 Å². The summed E-state index contributed by atoms with van der Waals surface area (Å²) in [6.45, 7) is 11.4. The lowest BCUT2D eigenvalue weighted by atomic mass is 10.1. The Hall–Kier alpha value is -5.68. The number of aliphatic hydroxyl groups excluding tert-OH is 2. The molecular formula is C40H40N4O10S2. The van der Waals surface area contributed by atoms with Crippen LogP contribution in [0.5, 0.6) is 0 Å². The Morgan fingerprint density at radius 2 is 0.911 bits per heavy atom. The second-order valence-corrected chi connectivity index (χ2v) is 16.6. The second kappa shape index (κ2) is 14.8. The fourth-order valence-electron chi connectivity index (χ4n) is 7.16. The van der Waals surface area contributed by atoms with E-state index in [0.717, 1.165) is 46.2 Å². The first-order valence-electron chi connectivity index (χ1n) is 18.0. The maximum atomic E-state index is 12.9. The number of benzene rings is 4. The van der Waals surface area contributed by atoms with Gasteiger partial charge < -0.3 is 28.8 Å². The van der Waals surface area contributed by atoms with Crippen LogP contribution >= 0.6 is 0 Å². The summed E-state index contributed by atoms with van der Waals surface area (Å²) in [5.74, 6) is 0. The van der Waals surface area contributed by atoms with Crippen LogP contribution in [0.15, 0.2) is 125 Å². The number of anilines is 4. The molecule has 4 heterocycles. The first-order valence-corrected chi connectivity index (χ1v) is 20.9. The topological polar surface area (TPSA) is 182 Å². The molecule has 292 valence electrons. The molecule has 2 N–H and O–H groups in total. The average Bonchev–Trinajstić information content (AvgIpc) is 3.52. The fourth-order valence-corrected chi connectivity index (χ4v) is 10.6. The highest BCUT2D eigenvalue weighted by molar-refractivity contribution is 7.93. The third kappa shape index (κ3) is 6.37. The molecule has 2 atom stereocenters. The largest absolute Gasteiger partial charge is 0.421 e. The van der Waals surface area contributed by atoms with Crippen LogP contribution in [0.4, 0.5) is 22.7 Å². The molecule has 2 aliphatic rings. The van der Waals surface area contributed by atoms with Crippen molar-refractivity contribution >= 4 is 64.7 Å². The Balaban J connectivity index is 0.000000172. The summed E-state index contributed by atoms with van der Waals surface area (Å²) in [5, 5.41) is 22.3. The number of fused-ring (bicyclic) bond motifs is 4. The van der Waals surface area contributed by atoms with Crippen LogP contribution < -0.4 is 29.7 Å². The number of nitrogens with zero attached hydrogens (tertiary/aromatic N) is 4. The van der Waals surface area contributed by atoms with E-state index >= 15 is 0 Å². The van der Waals surface area contributed by atoms with Gasteiger partial charge in [0.1, 0.15) is 22.5 Å². The first kappa shape index (κ1) is 38.6. The summed E-state index contributed by atoms with van der Waals surface area (Å²) >= 11 is 0. The van der Waals surface area contributed by atoms with Gasteiger partial charge in [-0.2, -0.15) is 0 Å². The van der Waals surface area contributed by atoms with Gasteiger partial charge in [0, 0.05) is 71.6 Å². The number of rotatable bonds is 8. The maximum Gasteiger partial charge on any atom is 0.361 e. The lowest BCUT2D eigenvalue weighted by molar-refractivity contribution is 0.192. The average molecular weight is 801 g/mol. The van der Waals surface area contributed by atoms with Crippen LogP contribution in [0.2, 0.25) is 0 Å². The molecule has 0 saturated carbocycles. The van der Waals surface area contributed by atoms with E-state index in [-0.39, 0.29) is 32.3 Å². The van der Waals surface area contributed by atoms with Gasteiger partial charge in [-0.3, -0.25) is 0 Å². The minimum atomic E-state index is -4.05. The highest BCUT2D eigenvalue weighted by atomic mass is 32.2. The van der Waals surface area contributed by atoms with E-state index in [4.69, 9.17) is 8.83 Å². The summed E-state index contributed by atoms with van der Waals surface area (Å²) in [7, 11) is -8.11. The van der Waals surface area contributed by atoms with Crippen molar-refractivity contribution in [2.75, 3.05) is 44.6 Å². The lowest BCUT2D eigenvalue weighted by Gasteiger charge is -2.22. The monoisotopic (exact) mass is 800 g/mol. The van der Waals surface area contributed by atoms with E-state index in [1.54, 1.807) is 48.5 Å². The minimum absolute atomic E-state index is 0.0149. The SMILES string of the molecule is CCN(CC)c1ccc2cc(N3[C@H](O)c4ccccc4S3(=O)=O)c(=O)oc2c1.CCN(CC)c1ccc2cc(N3[C@H](O)c4ccccc4S3(=O)=O)c(=O)oc2c1. The highest BCUT2D eigenvalue weighted by Crippen LogP contribution is 2.42. The summed E-state index contributed by atoms with van der Waals surface area (Å²) in [6, 6.07) is 26.0. The Morgan fingerprint density at radius 3 is 1.25 bits per heavy atom. The first-order chi connectivity index (χ1) is 26.8. The van der Waals surface area contributed by atoms with Crippen molar-refractivity contribution in [2.24, 2.45) is 0 Å². The normalized spacial score (nSPS) is 17.7. The van der Waals surface area contributed by atoms with Gasteiger partial charge >= 0.3 is 11.3 Å². The summed E-state index contributed by atoms with van der Waals surface area (Å²) in [6.07, 6.45) is -2.95. The molecule has 56 heavy (non-hydrogen) atoms. The third-order valence-corrected chi connectivity index (χ3v) is 13.7. The molecule has 0 bridgehead atoms. The maximum absolute atomic E-state index is 12.9. The molecule has 0 fully saturated rings. The van der Waals surface area contributed by atoms with Crippen molar-refractivity contribution < 1.29 is 35.9 Å². The van der Waals surface area contributed by atoms with Crippen LogP contribution in [-0.4, -0.2) is 53.2 Å². The Bertz CT molecular complexity index is 2620. The van der Waals surface area contributed by atoms with Crippen molar-refractivity contribution in [2.45, 2.75) is 49.9 Å². The van der Waals surface area contributed by atoms with Gasteiger partial charge in [-0.1, -0.05) is 36.4 Å². The van der Waals surface area contributed by atoms with Crippen molar-refractivity contribution in [3.05, 3.63) is 129 Å². The molecule has 0 radical (unpaired) electrons. The Kier molecular flexibility index (Phi) is 10.2. The highest BCUT2D eigenvalue weighted by Gasteiger charge is 2.44. The second-order valence-electron chi connectivity index (χ2n) is 13.1. The molecule has 0 aliphatic carbocycles. The van der Waals surface area contributed by atoms with E-state index in [2.05, 4.69) is 9.80 Å². The van der Waals surface area contributed by atoms with Gasteiger partial charge in [-0.05, 0) is 76.2 Å². The Morgan fingerprint density at radius 1 is 0.554 bits per heavy atom. The van der Waals surface area contributed by atoms with Crippen molar-refractivity contribution in [1.29, 1.82) is 0 Å². The van der Waals surface area contributed by atoms with E-state index in [1.165, 1.54) is 36.4 Å². The van der Waals surface area contributed by atoms with Gasteiger partial charge in [-0.25, -0.2) is 35.0 Å². The van der Waals surface area contributed by atoms with Crippen molar-refractivity contribution in [1.82, 2.24) is 0 Å².